The molecule has 0 unspecified atom stereocenters. The van der Waals surface area contributed by atoms with Crippen molar-refractivity contribution in [2.24, 2.45) is 0 Å². The summed E-state index contributed by atoms with van der Waals surface area (Å²) in [6, 6.07) is 21.1. The van der Waals surface area contributed by atoms with Crippen LogP contribution in [0.15, 0.2) is 72.8 Å². The zero-order valence-electron chi connectivity index (χ0n) is 14.1. The van der Waals surface area contributed by atoms with Gasteiger partial charge in [0.15, 0.2) is 0 Å². The number of aryl methyl sites for hydroxylation is 1. The van der Waals surface area contributed by atoms with Crippen molar-refractivity contribution in [3.05, 3.63) is 89.7 Å². The molecule has 3 aromatic carbocycles. The minimum absolute atomic E-state index is 0.113. The van der Waals surface area contributed by atoms with E-state index in [1.165, 1.54) is 6.07 Å². The van der Waals surface area contributed by atoms with Crippen LogP contribution >= 0.6 is 0 Å². The Bertz CT molecular complexity index is 902. The van der Waals surface area contributed by atoms with Crippen molar-refractivity contribution < 1.29 is 14.4 Å². The number of hydrogen-bond acceptors (Lipinski definition) is 4. The number of carbonyl (C=O) groups excluding carboxylic acids is 1. The number of carbonyl (C=O) groups is 1. The SMILES string of the molecule is Cc1cc(-c2ccccc2)cc(C(=O)NNN(O)c2ccccc2)c1F. The van der Waals surface area contributed by atoms with Crippen molar-refractivity contribution in [3.63, 3.8) is 0 Å². The van der Waals surface area contributed by atoms with Gasteiger partial charge in [-0.25, -0.2) is 4.39 Å². The summed E-state index contributed by atoms with van der Waals surface area (Å²) in [6.45, 7) is 1.61. The highest BCUT2D eigenvalue weighted by Gasteiger charge is 2.16. The fourth-order valence-electron chi connectivity index (χ4n) is 2.54. The van der Waals surface area contributed by atoms with Gasteiger partial charge in [0.05, 0.1) is 11.3 Å². The van der Waals surface area contributed by atoms with E-state index in [4.69, 9.17) is 0 Å². The molecule has 3 N–H and O–H groups in total. The van der Waals surface area contributed by atoms with E-state index in [1.54, 1.807) is 43.3 Å². The third kappa shape index (κ3) is 3.88. The number of nitrogens with one attached hydrogen (secondary N) is 2. The molecule has 3 rings (SSSR count). The number of anilines is 1. The molecule has 0 radical (unpaired) electrons. The van der Waals surface area contributed by atoms with Crippen molar-refractivity contribution in [3.8, 4) is 11.1 Å². The second-order valence-electron chi connectivity index (χ2n) is 5.73. The number of hydrogen-bond donors (Lipinski definition) is 3. The summed E-state index contributed by atoms with van der Waals surface area (Å²) in [7, 11) is 0. The van der Waals surface area contributed by atoms with Crippen molar-refractivity contribution in [2.45, 2.75) is 6.92 Å². The van der Waals surface area contributed by atoms with Gasteiger partial charge < -0.3 is 0 Å². The predicted octanol–water partition coefficient (Wildman–Crippen LogP) is 3.85. The highest BCUT2D eigenvalue weighted by molar-refractivity contribution is 5.95. The van der Waals surface area contributed by atoms with E-state index in [1.807, 2.05) is 30.3 Å². The van der Waals surface area contributed by atoms with E-state index in [-0.39, 0.29) is 5.56 Å². The Morgan fingerprint density at radius 3 is 2.23 bits per heavy atom. The predicted molar refractivity (Wildman–Crippen MR) is 97.9 cm³/mol. The van der Waals surface area contributed by atoms with E-state index in [9.17, 15) is 14.4 Å². The summed E-state index contributed by atoms with van der Waals surface area (Å²) in [5.41, 5.74) is 6.90. The van der Waals surface area contributed by atoms with E-state index in [0.717, 1.165) is 11.1 Å². The molecule has 132 valence electrons. The van der Waals surface area contributed by atoms with Crippen LogP contribution in [0, 0.1) is 12.7 Å². The molecule has 0 aliphatic rings. The standard InChI is InChI=1S/C20H18FN3O2/c1-14-12-16(15-8-4-2-5-9-15)13-18(19(14)21)20(25)22-23-24(26)17-10-6-3-7-11-17/h2-13,23,26H,1H3,(H,22,25). The highest BCUT2D eigenvalue weighted by atomic mass is 19.1. The molecule has 0 saturated carbocycles. The van der Waals surface area contributed by atoms with Crippen LogP contribution in [0.1, 0.15) is 15.9 Å². The molecule has 0 heterocycles. The van der Waals surface area contributed by atoms with Gasteiger partial charge in [0.2, 0.25) is 0 Å². The van der Waals surface area contributed by atoms with E-state index in [0.29, 0.717) is 16.4 Å². The highest BCUT2D eigenvalue weighted by Crippen LogP contribution is 2.24. The summed E-state index contributed by atoms with van der Waals surface area (Å²) >= 11 is 0. The zero-order valence-corrected chi connectivity index (χ0v) is 14.1. The van der Waals surface area contributed by atoms with Crippen LogP contribution in [0.25, 0.3) is 11.1 Å². The van der Waals surface area contributed by atoms with Crippen molar-refractivity contribution in [1.82, 2.24) is 11.0 Å². The number of nitrogens with zero attached hydrogens (tertiary/aromatic N) is 1. The molecular formula is C20H18FN3O2. The maximum atomic E-state index is 14.4. The van der Waals surface area contributed by atoms with Crippen LogP contribution in [0.3, 0.4) is 0 Å². The largest absolute Gasteiger partial charge is 0.272 e. The normalized spacial score (nSPS) is 10.4. The number of benzene rings is 3. The smallest absolute Gasteiger partial charge is 0.269 e. The van der Waals surface area contributed by atoms with Gasteiger partial charge in [0, 0.05) is 0 Å². The zero-order chi connectivity index (χ0) is 18.5. The first-order valence-corrected chi connectivity index (χ1v) is 8.02. The lowest BCUT2D eigenvalue weighted by Gasteiger charge is -2.18. The van der Waals surface area contributed by atoms with Gasteiger partial charge in [-0.3, -0.25) is 15.4 Å². The second kappa shape index (κ2) is 7.77. The summed E-state index contributed by atoms with van der Waals surface area (Å²) in [5, 5.41) is 10.5. The van der Waals surface area contributed by atoms with Crippen LogP contribution in [-0.2, 0) is 0 Å². The lowest BCUT2D eigenvalue weighted by molar-refractivity contribution is 0.0884. The van der Waals surface area contributed by atoms with Gasteiger partial charge in [-0.2, -0.15) is 5.17 Å². The van der Waals surface area contributed by atoms with Crippen molar-refractivity contribution in [2.75, 3.05) is 5.17 Å². The lowest BCUT2D eigenvalue weighted by atomic mass is 9.99. The van der Waals surface area contributed by atoms with Gasteiger partial charge in [0.1, 0.15) is 5.82 Å². The van der Waals surface area contributed by atoms with Crippen LogP contribution in [-0.4, -0.2) is 11.1 Å². The molecule has 0 atom stereocenters. The maximum Gasteiger partial charge on any atom is 0.269 e. The molecule has 6 heteroatoms. The number of amides is 1. The Kier molecular flexibility index (Phi) is 5.26. The van der Waals surface area contributed by atoms with Gasteiger partial charge in [0.25, 0.3) is 5.91 Å². The molecule has 0 spiro atoms. The molecule has 0 aliphatic carbocycles. The quantitative estimate of drug-likeness (QED) is 0.611. The van der Waals surface area contributed by atoms with Gasteiger partial charge in [-0.1, -0.05) is 48.5 Å². The summed E-state index contributed by atoms with van der Waals surface area (Å²) in [4.78, 5) is 12.4. The average molecular weight is 351 g/mol. The van der Waals surface area contributed by atoms with E-state index in [2.05, 4.69) is 11.0 Å². The molecule has 0 fully saturated rings. The molecule has 0 aliphatic heterocycles. The molecule has 3 aromatic rings. The Morgan fingerprint density at radius 2 is 1.58 bits per heavy atom. The molecule has 0 saturated heterocycles. The van der Waals surface area contributed by atoms with Gasteiger partial charge in [-0.15, -0.1) is 5.53 Å². The fraction of sp³-hybridized carbons (Fsp3) is 0.0500. The van der Waals surface area contributed by atoms with Crippen LogP contribution in [0.2, 0.25) is 0 Å². The topological polar surface area (TPSA) is 64.6 Å². The van der Waals surface area contributed by atoms with E-state index < -0.39 is 11.7 Å². The van der Waals surface area contributed by atoms with Crippen LogP contribution in [0.5, 0.6) is 0 Å². The summed E-state index contributed by atoms with van der Waals surface area (Å²) in [6.07, 6.45) is 0. The van der Waals surface area contributed by atoms with Gasteiger partial charge >= 0.3 is 0 Å². The molecule has 5 nitrogen and oxygen atoms in total. The second-order valence-corrected chi connectivity index (χ2v) is 5.73. The van der Waals surface area contributed by atoms with Crippen LogP contribution < -0.4 is 16.1 Å². The number of hydrazine groups is 2. The summed E-state index contributed by atoms with van der Waals surface area (Å²) in [5.74, 6) is -1.30. The number of para-hydroxylation sites is 1. The Morgan fingerprint density at radius 1 is 0.962 bits per heavy atom. The third-order valence-corrected chi connectivity index (χ3v) is 3.88. The number of rotatable bonds is 5. The van der Waals surface area contributed by atoms with Crippen molar-refractivity contribution >= 4 is 11.6 Å². The molecule has 0 aromatic heterocycles. The molecular weight excluding hydrogens is 333 g/mol. The first-order valence-electron chi connectivity index (χ1n) is 8.02. The van der Waals surface area contributed by atoms with Crippen LogP contribution in [0.4, 0.5) is 10.1 Å². The average Bonchev–Trinajstić information content (AvgIpc) is 2.69. The number of halogens is 1. The van der Waals surface area contributed by atoms with Gasteiger partial charge in [-0.05, 0) is 47.9 Å². The molecule has 0 bridgehead atoms. The molecule has 1 amide bonds. The maximum absolute atomic E-state index is 14.4. The van der Waals surface area contributed by atoms with Crippen molar-refractivity contribution in [1.29, 1.82) is 0 Å². The lowest BCUT2D eigenvalue weighted by Crippen LogP contribution is -2.48. The minimum Gasteiger partial charge on any atom is -0.272 e. The molecule has 26 heavy (non-hydrogen) atoms. The van der Waals surface area contributed by atoms with E-state index >= 15 is 0 Å². The Hall–Kier alpha value is -3.22. The first-order chi connectivity index (χ1) is 12.6. The summed E-state index contributed by atoms with van der Waals surface area (Å²) < 4.78 is 14.4. The Labute approximate surface area is 150 Å². The fourth-order valence-corrected chi connectivity index (χ4v) is 2.54. The minimum atomic E-state index is -0.696. The monoisotopic (exact) mass is 351 g/mol. The third-order valence-electron chi connectivity index (χ3n) is 3.88. The first kappa shape index (κ1) is 17.6. The Balaban J connectivity index is 1.79.